The molecule has 2 fully saturated rings. The predicted molar refractivity (Wildman–Crippen MR) is 107 cm³/mol. The van der Waals surface area contributed by atoms with E-state index in [4.69, 9.17) is 0 Å². The first-order chi connectivity index (χ1) is 12.9. The molecule has 2 aliphatic rings. The van der Waals surface area contributed by atoms with Crippen LogP contribution < -0.4 is 10.6 Å². The smallest absolute Gasteiger partial charge is 0.243 e. The Balaban J connectivity index is 1.61. The molecule has 0 bridgehead atoms. The Morgan fingerprint density at radius 1 is 1.00 bits per heavy atom. The zero-order valence-corrected chi connectivity index (χ0v) is 17.1. The minimum atomic E-state index is -3.52. The molecule has 27 heavy (non-hydrogen) atoms. The van der Waals surface area contributed by atoms with Crippen molar-refractivity contribution in [1.29, 1.82) is 0 Å². The molecule has 7 heteroatoms. The van der Waals surface area contributed by atoms with E-state index < -0.39 is 10.0 Å². The third kappa shape index (κ3) is 4.89. The van der Waals surface area contributed by atoms with Crippen LogP contribution in [0.2, 0.25) is 0 Å². The van der Waals surface area contributed by atoms with Gasteiger partial charge in [0.05, 0.1) is 11.4 Å². The topological polar surface area (TPSA) is 78.5 Å². The van der Waals surface area contributed by atoms with Crippen LogP contribution in [0.25, 0.3) is 0 Å². The fraction of sp³-hybridized carbons (Fsp3) is 0.650. The molecule has 150 valence electrons. The van der Waals surface area contributed by atoms with Gasteiger partial charge < -0.3 is 10.6 Å². The van der Waals surface area contributed by atoms with Gasteiger partial charge >= 0.3 is 0 Å². The number of carbonyl (C=O) groups excluding carboxylic acids is 1. The summed E-state index contributed by atoms with van der Waals surface area (Å²) < 4.78 is 27.7. The highest BCUT2D eigenvalue weighted by Crippen LogP contribution is 2.29. The van der Waals surface area contributed by atoms with Crippen molar-refractivity contribution in [2.75, 3.05) is 11.9 Å². The third-order valence-corrected chi connectivity index (χ3v) is 7.88. The lowest BCUT2D eigenvalue weighted by Crippen LogP contribution is -2.47. The van der Waals surface area contributed by atoms with Crippen LogP contribution in [-0.4, -0.2) is 43.3 Å². The second-order valence-corrected chi connectivity index (χ2v) is 9.74. The van der Waals surface area contributed by atoms with Crippen molar-refractivity contribution < 1.29 is 13.2 Å². The summed E-state index contributed by atoms with van der Waals surface area (Å²) in [5, 5.41) is 6.11. The summed E-state index contributed by atoms with van der Waals surface area (Å²) >= 11 is 0. The Morgan fingerprint density at radius 3 is 2.19 bits per heavy atom. The van der Waals surface area contributed by atoms with Gasteiger partial charge in [0.25, 0.3) is 0 Å². The van der Waals surface area contributed by atoms with Gasteiger partial charge in [-0.05, 0) is 63.8 Å². The first kappa shape index (κ1) is 20.3. The molecule has 1 aliphatic heterocycles. The monoisotopic (exact) mass is 393 g/mol. The second kappa shape index (κ2) is 8.71. The molecule has 0 unspecified atom stereocenters. The number of benzene rings is 1. The van der Waals surface area contributed by atoms with E-state index in [1.54, 1.807) is 28.6 Å². The Bertz CT molecular complexity index is 732. The van der Waals surface area contributed by atoms with Gasteiger partial charge in [0.15, 0.2) is 0 Å². The number of carbonyl (C=O) groups is 1. The zero-order valence-electron chi connectivity index (χ0n) is 16.3. The predicted octanol–water partition coefficient (Wildman–Crippen LogP) is 3.11. The summed E-state index contributed by atoms with van der Waals surface area (Å²) in [7, 11) is -3.52. The first-order valence-corrected chi connectivity index (χ1v) is 11.5. The van der Waals surface area contributed by atoms with E-state index in [-0.39, 0.29) is 29.4 Å². The number of nitrogens with zero attached hydrogens (tertiary/aromatic N) is 1. The van der Waals surface area contributed by atoms with Crippen LogP contribution in [0.3, 0.4) is 0 Å². The number of hydrogen-bond acceptors (Lipinski definition) is 4. The highest BCUT2D eigenvalue weighted by molar-refractivity contribution is 7.89. The van der Waals surface area contributed by atoms with E-state index in [0.29, 0.717) is 11.7 Å². The largest absolute Gasteiger partial charge is 0.325 e. The van der Waals surface area contributed by atoms with Crippen LogP contribution in [0.4, 0.5) is 5.69 Å². The van der Waals surface area contributed by atoms with Crippen molar-refractivity contribution in [3.8, 4) is 0 Å². The van der Waals surface area contributed by atoms with Gasteiger partial charge in [0.2, 0.25) is 15.9 Å². The van der Waals surface area contributed by atoms with Gasteiger partial charge in [0.1, 0.15) is 0 Å². The molecular weight excluding hydrogens is 362 g/mol. The van der Waals surface area contributed by atoms with E-state index in [0.717, 1.165) is 32.1 Å². The van der Waals surface area contributed by atoms with Crippen molar-refractivity contribution in [3.05, 3.63) is 24.3 Å². The highest BCUT2D eigenvalue weighted by atomic mass is 32.2. The molecule has 3 rings (SSSR count). The van der Waals surface area contributed by atoms with Gasteiger partial charge in [-0.25, -0.2) is 8.42 Å². The Labute approximate surface area is 162 Å². The van der Waals surface area contributed by atoms with Gasteiger partial charge in [-0.3, -0.25) is 4.79 Å². The van der Waals surface area contributed by atoms with Crippen LogP contribution in [-0.2, 0) is 14.8 Å². The van der Waals surface area contributed by atoms with Crippen molar-refractivity contribution in [2.45, 2.75) is 81.8 Å². The maximum absolute atomic E-state index is 13.0. The van der Waals surface area contributed by atoms with Crippen molar-refractivity contribution in [2.24, 2.45) is 0 Å². The summed E-state index contributed by atoms with van der Waals surface area (Å²) in [6.07, 6.45) is 7.57. The van der Waals surface area contributed by atoms with Gasteiger partial charge in [-0.2, -0.15) is 4.31 Å². The van der Waals surface area contributed by atoms with E-state index in [2.05, 4.69) is 10.6 Å². The minimum absolute atomic E-state index is 0.0137. The molecule has 1 saturated heterocycles. The average Bonchev–Trinajstić information content (AvgIpc) is 3.14. The molecule has 2 N–H and O–H groups in total. The molecule has 6 nitrogen and oxygen atoms in total. The van der Waals surface area contributed by atoms with Crippen molar-refractivity contribution >= 4 is 21.6 Å². The Hall–Kier alpha value is -1.44. The summed E-state index contributed by atoms with van der Waals surface area (Å²) in [5.74, 6) is -0.101. The zero-order chi connectivity index (χ0) is 19.4. The fourth-order valence-electron chi connectivity index (χ4n) is 4.28. The molecule has 1 amide bonds. The number of nitrogens with one attached hydrogen (secondary N) is 2. The molecule has 2 atom stereocenters. The van der Waals surface area contributed by atoms with Gasteiger partial charge in [-0.15, -0.1) is 0 Å². The summed E-state index contributed by atoms with van der Waals surface area (Å²) in [6.45, 7) is 4.23. The molecule has 0 aromatic heterocycles. The lowest BCUT2D eigenvalue weighted by molar-refractivity contribution is -0.115. The van der Waals surface area contributed by atoms with Crippen LogP contribution in [0.15, 0.2) is 29.2 Å². The molecule has 1 aromatic carbocycles. The molecule has 0 radical (unpaired) electrons. The Kier molecular flexibility index (Phi) is 6.55. The Morgan fingerprint density at radius 2 is 1.59 bits per heavy atom. The van der Waals surface area contributed by atoms with Crippen LogP contribution in [0.5, 0.6) is 0 Å². The fourth-order valence-corrected chi connectivity index (χ4v) is 6.16. The number of amides is 1. The molecule has 1 aromatic rings. The van der Waals surface area contributed by atoms with Crippen molar-refractivity contribution in [3.63, 3.8) is 0 Å². The van der Waals surface area contributed by atoms with Crippen LogP contribution >= 0.6 is 0 Å². The average molecular weight is 394 g/mol. The number of sulfonamides is 1. The number of rotatable bonds is 6. The SMILES string of the molecule is C[C@@H]1CCC[C@H](C)N1S(=O)(=O)c1ccc(NC(=O)CNC2CCCC2)cc1. The van der Waals surface area contributed by atoms with E-state index >= 15 is 0 Å². The van der Waals surface area contributed by atoms with Crippen molar-refractivity contribution in [1.82, 2.24) is 9.62 Å². The maximum Gasteiger partial charge on any atom is 0.243 e. The second-order valence-electron chi connectivity index (χ2n) is 7.90. The number of anilines is 1. The quantitative estimate of drug-likeness (QED) is 0.778. The van der Waals surface area contributed by atoms with Crippen LogP contribution in [0, 0.1) is 0 Å². The first-order valence-electron chi connectivity index (χ1n) is 10.0. The van der Waals surface area contributed by atoms with E-state index in [1.165, 1.54) is 12.8 Å². The van der Waals surface area contributed by atoms with Crippen LogP contribution in [0.1, 0.15) is 58.8 Å². The maximum atomic E-state index is 13.0. The molecule has 1 heterocycles. The minimum Gasteiger partial charge on any atom is -0.325 e. The van der Waals surface area contributed by atoms with Gasteiger partial charge in [-0.1, -0.05) is 19.3 Å². The summed E-state index contributed by atoms with van der Waals surface area (Å²) in [4.78, 5) is 12.4. The van der Waals surface area contributed by atoms with Gasteiger partial charge in [0, 0.05) is 23.8 Å². The number of piperidine rings is 1. The molecule has 1 saturated carbocycles. The highest BCUT2D eigenvalue weighted by Gasteiger charge is 2.35. The van der Waals surface area contributed by atoms with E-state index in [9.17, 15) is 13.2 Å². The summed E-state index contributed by atoms with van der Waals surface area (Å²) in [5.41, 5.74) is 0.618. The summed E-state index contributed by atoms with van der Waals surface area (Å²) in [6, 6.07) is 6.97. The van der Waals surface area contributed by atoms with E-state index in [1.807, 2.05) is 13.8 Å². The molecular formula is C20H31N3O3S. The standard InChI is InChI=1S/C20H31N3O3S/c1-15-6-5-7-16(2)23(15)27(25,26)19-12-10-18(11-13-19)22-20(24)14-21-17-8-3-4-9-17/h10-13,15-17,21H,3-9,14H2,1-2H3,(H,22,24)/t15-,16+. The molecule has 1 aliphatic carbocycles. The normalized spacial score (nSPS) is 24.8. The number of hydrogen-bond donors (Lipinski definition) is 2. The third-order valence-electron chi connectivity index (χ3n) is 5.73. The molecule has 0 spiro atoms. The lowest BCUT2D eigenvalue weighted by atomic mass is 10.0. The lowest BCUT2D eigenvalue weighted by Gasteiger charge is -2.37.